The van der Waals surface area contributed by atoms with Crippen molar-refractivity contribution in [2.45, 2.75) is 51.7 Å². The number of hydrogen-bond donors (Lipinski definition) is 2. The standard InChI is InChI=1S/C12H26N2O/c1-11(12(2,3)15)13-7-6-10-14-8-4-5-9-14/h11,13,15H,4-10H2,1-3H3. The number of nitrogens with zero attached hydrogens (tertiary/aromatic N) is 1. The van der Waals surface area contributed by atoms with Gasteiger partial charge in [0.25, 0.3) is 0 Å². The van der Waals surface area contributed by atoms with E-state index in [1.54, 1.807) is 0 Å². The monoisotopic (exact) mass is 214 g/mol. The van der Waals surface area contributed by atoms with Crippen LogP contribution in [-0.4, -0.2) is 47.8 Å². The van der Waals surface area contributed by atoms with Crippen LogP contribution in [0.4, 0.5) is 0 Å². The van der Waals surface area contributed by atoms with Gasteiger partial charge in [0, 0.05) is 6.04 Å². The Morgan fingerprint density at radius 1 is 1.33 bits per heavy atom. The Balaban J connectivity index is 2.01. The van der Waals surface area contributed by atoms with Crippen molar-refractivity contribution >= 4 is 0 Å². The summed E-state index contributed by atoms with van der Waals surface area (Å²) in [6.45, 7) is 10.5. The molecule has 1 unspecified atom stereocenters. The molecule has 90 valence electrons. The smallest absolute Gasteiger partial charge is 0.0741 e. The normalized spacial score (nSPS) is 20.8. The first-order valence-electron chi connectivity index (χ1n) is 6.18. The van der Waals surface area contributed by atoms with Gasteiger partial charge in [0.15, 0.2) is 0 Å². The van der Waals surface area contributed by atoms with Crippen molar-refractivity contribution in [1.82, 2.24) is 10.2 Å². The zero-order chi connectivity index (χ0) is 11.3. The lowest BCUT2D eigenvalue weighted by molar-refractivity contribution is 0.0442. The lowest BCUT2D eigenvalue weighted by atomic mass is 10.0. The average molecular weight is 214 g/mol. The molecule has 1 atom stereocenters. The Hall–Kier alpha value is -0.120. The van der Waals surface area contributed by atoms with Crippen LogP contribution < -0.4 is 5.32 Å². The summed E-state index contributed by atoms with van der Waals surface area (Å²) in [5, 5.41) is 13.1. The lowest BCUT2D eigenvalue weighted by Crippen LogP contribution is -2.45. The highest BCUT2D eigenvalue weighted by Crippen LogP contribution is 2.08. The van der Waals surface area contributed by atoms with E-state index in [9.17, 15) is 5.11 Å². The highest BCUT2D eigenvalue weighted by atomic mass is 16.3. The number of likely N-dealkylation sites (tertiary alicyclic amines) is 1. The van der Waals surface area contributed by atoms with Gasteiger partial charge >= 0.3 is 0 Å². The van der Waals surface area contributed by atoms with Crippen LogP contribution >= 0.6 is 0 Å². The fourth-order valence-corrected chi connectivity index (χ4v) is 1.88. The van der Waals surface area contributed by atoms with E-state index < -0.39 is 5.60 Å². The summed E-state index contributed by atoms with van der Waals surface area (Å²) in [6, 6.07) is 0.163. The molecule has 0 bridgehead atoms. The molecule has 1 saturated heterocycles. The minimum Gasteiger partial charge on any atom is -0.389 e. The van der Waals surface area contributed by atoms with E-state index in [4.69, 9.17) is 0 Å². The van der Waals surface area contributed by atoms with E-state index >= 15 is 0 Å². The van der Waals surface area contributed by atoms with Crippen molar-refractivity contribution in [2.75, 3.05) is 26.2 Å². The lowest BCUT2D eigenvalue weighted by Gasteiger charge is -2.27. The van der Waals surface area contributed by atoms with Crippen molar-refractivity contribution in [3.05, 3.63) is 0 Å². The van der Waals surface area contributed by atoms with E-state index in [0.29, 0.717) is 0 Å². The number of hydrogen-bond acceptors (Lipinski definition) is 3. The summed E-state index contributed by atoms with van der Waals surface area (Å²) in [7, 11) is 0. The molecule has 0 aromatic rings. The van der Waals surface area contributed by atoms with Gasteiger partial charge in [-0.25, -0.2) is 0 Å². The van der Waals surface area contributed by atoms with Crippen LogP contribution in [0.1, 0.15) is 40.0 Å². The highest BCUT2D eigenvalue weighted by molar-refractivity contribution is 4.79. The van der Waals surface area contributed by atoms with Crippen LogP contribution in [-0.2, 0) is 0 Å². The van der Waals surface area contributed by atoms with Crippen LogP contribution in [0.3, 0.4) is 0 Å². The summed E-state index contributed by atoms with van der Waals surface area (Å²) in [5.74, 6) is 0. The van der Waals surface area contributed by atoms with Crippen molar-refractivity contribution in [2.24, 2.45) is 0 Å². The average Bonchev–Trinajstić information content (AvgIpc) is 2.63. The number of nitrogens with one attached hydrogen (secondary N) is 1. The maximum atomic E-state index is 9.72. The SMILES string of the molecule is CC(NCCCN1CCCC1)C(C)(C)O. The molecular weight excluding hydrogens is 188 g/mol. The molecule has 3 nitrogen and oxygen atoms in total. The second kappa shape index (κ2) is 5.83. The zero-order valence-electron chi connectivity index (χ0n) is 10.4. The van der Waals surface area contributed by atoms with Gasteiger partial charge in [-0.3, -0.25) is 0 Å². The molecule has 0 aliphatic carbocycles. The van der Waals surface area contributed by atoms with E-state index in [-0.39, 0.29) is 6.04 Å². The summed E-state index contributed by atoms with van der Waals surface area (Å²) >= 11 is 0. The molecule has 0 spiro atoms. The van der Waals surface area contributed by atoms with Crippen molar-refractivity contribution in [1.29, 1.82) is 0 Å². The fraction of sp³-hybridized carbons (Fsp3) is 1.00. The minimum atomic E-state index is -0.617. The van der Waals surface area contributed by atoms with Gasteiger partial charge in [-0.15, -0.1) is 0 Å². The second-order valence-electron chi connectivity index (χ2n) is 5.23. The number of rotatable bonds is 6. The largest absolute Gasteiger partial charge is 0.389 e. The first-order chi connectivity index (χ1) is 7.00. The van der Waals surface area contributed by atoms with Crippen LogP contribution in [0.15, 0.2) is 0 Å². The van der Waals surface area contributed by atoms with Gasteiger partial charge in [0.1, 0.15) is 0 Å². The van der Waals surface area contributed by atoms with E-state index in [0.717, 1.165) is 6.54 Å². The molecule has 0 amide bonds. The molecule has 1 aliphatic rings. The van der Waals surface area contributed by atoms with Gasteiger partial charge in [-0.05, 0) is 66.2 Å². The third-order valence-electron chi connectivity index (χ3n) is 3.36. The van der Waals surface area contributed by atoms with Crippen molar-refractivity contribution in [3.63, 3.8) is 0 Å². The van der Waals surface area contributed by atoms with Gasteiger partial charge in [-0.2, -0.15) is 0 Å². The first-order valence-corrected chi connectivity index (χ1v) is 6.18. The third-order valence-corrected chi connectivity index (χ3v) is 3.36. The van der Waals surface area contributed by atoms with Crippen molar-refractivity contribution < 1.29 is 5.11 Å². The Morgan fingerprint density at radius 2 is 1.93 bits per heavy atom. The minimum absolute atomic E-state index is 0.163. The molecule has 1 rings (SSSR count). The molecule has 0 aromatic carbocycles. The van der Waals surface area contributed by atoms with Crippen LogP contribution in [0, 0.1) is 0 Å². The molecule has 1 aliphatic heterocycles. The van der Waals surface area contributed by atoms with E-state index in [1.807, 2.05) is 20.8 Å². The summed E-state index contributed by atoms with van der Waals surface area (Å²) < 4.78 is 0. The molecule has 0 saturated carbocycles. The molecule has 1 fully saturated rings. The predicted molar refractivity (Wildman–Crippen MR) is 64.1 cm³/mol. The molecule has 15 heavy (non-hydrogen) atoms. The predicted octanol–water partition coefficient (Wildman–Crippen LogP) is 1.22. The van der Waals surface area contributed by atoms with Gasteiger partial charge in [-0.1, -0.05) is 0 Å². The maximum absolute atomic E-state index is 9.72. The van der Waals surface area contributed by atoms with Gasteiger partial charge in [0.05, 0.1) is 5.60 Å². The van der Waals surface area contributed by atoms with Gasteiger partial charge < -0.3 is 15.3 Å². The van der Waals surface area contributed by atoms with Crippen LogP contribution in [0.5, 0.6) is 0 Å². The highest BCUT2D eigenvalue weighted by Gasteiger charge is 2.21. The Bertz CT molecular complexity index is 171. The molecular formula is C12H26N2O. The summed E-state index contributed by atoms with van der Waals surface area (Å²) in [4.78, 5) is 2.52. The third kappa shape index (κ3) is 4.96. The number of aliphatic hydroxyl groups is 1. The molecule has 1 heterocycles. The Morgan fingerprint density at radius 3 is 2.47 bits per heavy atom. The van der Waals surface area contributed by atoms with Crippen LogP contribution in [0.2, 0.25) is 0 Å². The van der Waals surface area contributed by atoms with Gasteiger partial charge in [0.2, 0.25) is 0 Å². The first kappa shape index (κ1) is 12.9. The van der Waals surface area contributed by atoms with Crippen molar-refractivity contribution in [3.8, 4) is 0 Å². The Kier molecular flexibility index (Phi) is 5.03. The summed E-state index contributed by atoms with van der Waals surface area (Å²) in [5.41, 5.74) is -0.617. The van der Waals surface area contributed by atoms with E-state index in [1.165, 1.54) is 38.9 Å². The fourth-order valence-electron chi connectivity index (χ4n) is 1.88. The molecule has 0 radical (unpaired) electrons. The molecule has 2 N–H and O–H groups in total. The van der Waals surface area contributed by atoms with Crippen LogP contribution in [0.25, 0.3) is 0 Å². The zero-order valence-corrected chi connectivity index (χ0v) is 10.4. The maximum Gasteiger partial charge on any atom is 0.0741 e. The molecule has 3 heteroatoms. The van der Waals surface area contributed by atoms with E-state index in [2.05, 4.69) is 10.2 Å². The molecule has 0 aromatic heterocycles. The second-order valence-corrected chi connectivity index (χ2v) is 5.23. The quantitative estimate of drug-likeness (QED) is 0.653. The topological polar surface area (TPSA) is 35.5 Å². The Labute approximate surface area is 93.9 Å². The summed E-state index contributed by atoms with van der Waals surface area (Å²) in [6.07, 6.45) is 3.92.